The molecule has 0 N–H and O–H groups in total. The van der Waals surface area contributed by atoms with Gasteiger partial charge in [-0.1, -0.05) is 112 Å². The van der Waals surface area contributed by atoms with Gasteiger partial charge >= 0.3 is 0 Å². The fourth-order valence-corrected chi connectivity index (χ4v) is 6.22. The molecule has 0 saturated carbocycles. The normalized spacial score (nSPS) is 15.4. The molecule has 1 nitrogen and oxygen atoms in total. The lowest BCUT2D eigenvalue weighted by Gasteiger charge is -2.44. The van der Waals surface area contributed by atoms with E-state index in [0.29, 0.717) is 0 Å². The van der Waals surface area contributed by atoms with Gasteiger partial charge in [-0.2, -0.15) is 0 Å². The molecule has 5 rings (SSSR count). The van der Waals surface area contributed by atoms with Gasteiger partial charge in [0.05, 0.1) is 15.7 Å². The first-order valence-electron chi connectivity index (χ1n) is 13.7. The summed E-state index contributed by atoms with van der Waals surface area (Å²) in [6, 6.07) is 30.6. The van der Waals surface area contributed by atoms with Crippen molar-refractivity contribution < 1.29 is 0 Å². The number of hydrogen-bond acceptors (Lipinski definition) is 1. The van der Waals surface area contributed by atoms with E-state index in [-0.39, 0.29) is 22.6 Å². The maximum absolute atomic E-state index is 6.71. The summed E-state index contributed by atoms with van der Waals surface area (Å²) in [7, 11) is 13.4. The second-order valence-electron chi connectivity index (χ2n) is 12.3. The SMILES string of the molecule is [B]C(C)c1cc(-c2ccccc2)ccc1N(c1c(C([B])C)ccc2c1C(C)(C)c1ccccc1-2)C(C)(C)C. The standard InChI is InChI=1S/C35H37B2N/c1-22(36)26-18-19-28-27-15-11-12-16-30(27)35(6,7)32(28)33(26)38(34(3,4)5)31-20-17-25(21-29(31)23(2)37)24-13-9-8-10-14-24/h8-23H,1-7H3. The molecule has 2 unspecified atom stereocenters. The van der Waals surface area contributed by atoms with Crippen LogP contribution in [0.15, 0.2) is 84.9 Å². The molecule has 0 amide bonds. The summed E-state index contributed by atoms with van der Waals surface area (Å²) in [4.78, 5) is 2.51. The van der Waals surface area contributed by atoms with Crippen molar-refractivity contribution in [3.63, 3.8) is 0 Å². The molecule has 2 atom stereocenters. The van der Waals surface area contributed by atoms with Crippen LogP contribution in [0, 0.1) is 0 Å². The highest BCUT2D eigenvalue weighted by Gasteiger charge is 2.41. The third-order valence-electron chi connectivity index (χ3n) is 7.98. The van der Waals surface area contributed by atoms with Crippen LogP contribution >= 0.6 is 0 Å². The Morgan fingerprint density at radius 2 is 1.32 bits per heavy atom. The van der Waals surface area contributed by atoms with Crippen molar-refractivity contribution in [2.45, 2.75) is 71.1 Å². The number of anilines is 2. The summed E-state index contributed by atoms with van der Waals surface area (Å²) in [5, 5.41) is 0. The minimum Gasteiger partial charge on any atom is -0.335 e. The molecule has 4 radical (unpaired) electrons. The lowest BCUT2D eigenvalue weighted by Crippen LogP contribution is -2.40. The van der Waals surface area contributed by atoms with Crippen LogP contribution in [0.2, 0.25) is 0 Å². The quantitative estimate of drug-likeness (QED) is 0.251. The summed E-state index contributed by atoms with van der Waals surface area (Å²) >= 11 is 0. The van der Waals surface area contributed by atoms with Crippen LogP contribution in [0.25, 0.3) is 22.3 Å². The molecular weight excluding hydrogens is 456 g/mol. The summed E-state index contributed by atoms with van der Waals surface area (Å²) in [5.74, 6) is -0.263. The molecule has 0 saturated heterocycles. The molecule has 4 aromatic rings. The van der Waals surface area contributed by atoms with Crippen molar-refractivity contribution in [1.29, 1.82) is 0 Å². The number of rotatable bonds is 5. The summed E-state index contributed by atoms with van der Waals surface area (Å²) < 4.78 is 0. The smallest absolute Gasteiger partial charge is 0.0760 e. The Balaban J connectivity index is 1.83. The predicted octanol–water partition coefficient (Wildman–Crippen LogP) is 9.06. The highest BCUT2D eigenvalue weighted by molar-refractivity contribution is 6.14. The maximum Gasteiger partial charge on any atom is 0.0760 e. The van der Waals surface area contributed by atoms with E-state index in [1.54, 1.807) is 0 Å². The van der Waals surface area contributed by atoms with E-state index in [9.17, 15) is 0 Å². The molecular formula is C35H37B2N. The van der Waals surface area contributed by atoms with Crippen molar-refractivity contribution in [2.75, 3.05) is 4.90 Å². The number of benzene rings is 4. The number of fused-ring (bicyclic) bond motifs is 3. The zero-order valence-corrected chi connectivity index (χ0v) is 23.8. The van der Waals surface area contributed by atoms with E-state index in [1.807, 2.05) is 0 Å². The molecule has 1 aliphatic carbocycles. The molecule has 0 heterocycles. The molecule has 3 heteroatoms. The third kappa shape index (κ3) is 4.31. The van der Waals surface area contributed by atoms with Gasteiger partial charge in [0.15, 0.2) is 0 Å². The van der Waals surface area contributed by atoms with Crippen LogP contribution < -0.4 is 4.90 Å². The zero-order valence-electron chi connectivity index (χ0n) is 23.8. The first-order valence-corrected chi connectivity index (χ1v) is 13.7. The second-order valence-corrected chi connectivity index (χ2v) is 12.3. The molecule has 0 fully saturated rings. The molecule has 0 spiro atoms. The van der Waals surface area contributed by atoms with E-state index >= 15 is 0 Å². The minimum atomic E-state index is -0.235. The lowest BCUT2D eigenvalue weighted by molar-refractivity contribution is 0.549. The number of nitrogens with zero attached hydrogens (tertiary/aromatic N) is 1. The van der Waals surface area contributed by atoms with Crippen LogP contribution in [0.4, 0.5) is 11.4 Å². The van der Waals surface area contributed by atoms with Crippen LogP contribution in [0.1, 0.15) is 82.4 Å². The Labute approximate surface area is 232 Å². The maximum atomic E-state index is 6.71. The zero-order chi connectivity index (χ0) is 27.4. The summed E-state index contributed by atoms with van der Waals surface area (Å²) in [6.45, 7) is 15.7. The van der Waals surface area contributed by atoms with Crippen molar-refractivity contribution in [1.82, 2.24) is 0 Å². The minimum absolute atomic E-state index is 0.123. The van der Waals surface area contributed by atoms with Gasteiger partial charge in [-0.3, -0.25) is 0 Å². The van der Waals surface area contributed by atoms with Gasteiger partial charge in [-0.15, -0.1) is 0 Å². The molecule has 1 aliphatic rings. The van der Waals surface area contributed by atoms with Gasteiger partial charge < -0.3 is 4.90 Å². The van der Waals surface area contributed by atoms with Crippen LogP contribution in [0.5, 0.6) is 0 Å². The van der Waals surface area contributed by atoms with E-state index in [4.69, 9.17) is 15.7 Å². The fourth-order valence-electron chi connectivity index (χ4n) is 6.22. The van der Waals surface area contributed by atoms with E-state index in [1.165, 1.54) is 39.1 Å². The Morgan fingerprint density at radius 3 is 1.95 bits per heavy atom. The Morgan fingerprint density at radius 1 is 0.684 bits per heavy atom. The van der Waals surface area contributed by atoms with Crippen LogP contribution in [0.3, 0.4) is 0 Å². The second kappa shape index (κ2) is 9.53. The van der Waals surface area contributed by atoms with Crippen molar-refractivity contribution in [3.05, 3.63) is 107 Å². The van der Waals surface area contributed by atoms with Gasteiger partial charge in [0, 0.05) is 22.3 Å². The highest BCUT2D eigenvalue weighted by atomic mass is 15.2. The first kappa shape index (κ1) is 26.4. The topological polar surface area (TPSA) is 3.24 Å². The van der Waals surface area contributed by atoms with Crippen molar-refractivity contribution >= 4 is 27.1 Å². The third-order valence-corrected chi connectivity index (χ3v) is 7.98. The van der Waals surface area contributed by atoms with Crippen LogP contribution in [-0.2, 0) is 5.41 Å². The molecule has 4 aromatic carbocycles. The van der Waals surface area contributed by atoms with E-state index in [2.05, 4.69) is 138 Å². The highest BCUT2D eigenvalue weighted by Crippen LogP contribution is 2.56. The van der Waals surface area contributed by atoms with Crippen molar-refractivity contribution in [2.24, 2.45) is 0 Å². The lowest BCUT2D eigenvalue weighted by atomic mass is 9.74. The number of hydrogen-bond donors (Lipinski definition) is 0. The molecule has 0 aliphatic heterocycles. The van der Waals surface area contributed by atoms with Crippen molar-refractivity contribution in [3.8, 4) is 22.3 Å². The van der Waals surface area contributed by atoms with E-state index in [0.717, 1.165) is 16.8 Å². The van der Waals surface area contributed by atoms with Gasteiger partial charge in [0.25, 0.3) is 0 Å². The van der Waals surface area contributed by atoms with Gasteiger partial charge in [-0.05, 0) is 77.4 Å². The Kier molecular flexibility index (Phi) is 6.62. The van der Waals surface area contributed by atoms with Crippen LogP contribution in [-0.4, -0.2) is 21.2 Å². The average Bonchev–Trinajstić information content (AvgIpc) is 3.11. The Bertz CT molecular complexity index is 1480. The van der Waals surface area contributed by atoms with E-state index < -0.39 is 0 Å². The van der Waals surface area contributed by atoms with Gasteiger partial charge in [0.2, 0.25) is 0 Å². The molecule has 38 heavy (non-hydrogen) atoms. The molecule has 0 bridgehead atoms. The summed E-state index contributed by atoms with van der Waals surface area (Å²) in [6.07, 6.45) is 0. The average molecular weight is 493 g/mol. The summed E-state index contributed by atoms with van der Waals surface area (Å²) in [5.41, 5.74) is 11.9. The predicted molar refractivity (Wildman–Crippen MR) is 166 cm³/mol. The first-order chi connectivity index (χ1) is 17.9. The largest absolute Gasteiger partial charge is 0.335 e. The fraction of sp³-hybridized carbons (Fsp3) is 0.314. The van der Waals surface area contributed by atoms with Gasteiger partial charge in [-0.25, -0.2) is 0 Å². The monoisotopic (exact) mass is 493 g/mol. The van der Waals surface area contributed by atoms with Gasteiger partial charge in [0.1, 0.15) is 0 Å². The molecule has 188 valence electrons. The molecule has 0 aromatic heterocycles. The Hall–Kier alpha value is -3.19.